The molecule has 5 heteroatoms. The monoisotopic (exact) mass is 109 g/mol. The highest BCUT2D eigenvalue weighted by Crippen LogP contribution is 1.81. The largest absolute Gasteiger partial charge is 0.366 e. The first-order valence-corrected chi connectivity index (χ1v) is 1.64. The zero-order valence-corrected chi connectivity index (χ0v) is 3.83. The Morgan fingerprint density at radius 2 is 2.29 bits per heavy atom. The van der Waals surface area contributed by atoms with E-state index in [9.17, 15) is 0 Å². The van der Waals surface area contributed by atoms with Crippen molar-refractivity contribution in [3.05, 3.63) is 0 Å². The second-order valence-electron chi connectivity index (χ2n) is 0.860. The zero-order valence-electron chi connectivity index (χ0n) is 3.83. The lowest BCUT2D eigenvalue weighted by atomic mass is 10.8. The SMILES string of the molecule is C[C@H](O)OOON. The number of hydrogen-bond donors (Lipinski definition) is 2. The Morgan fingerprint density at radius 1 is 1.71 bits per heavy atom. The van der Waals surface area contributed by atoms with Crippen molar-refractivity contribution < 1.29 is 20.0 Å². The van der Waals surface area contributed by atoms with Crippen LogP contribution in [0.2, 0.25) is 0 Å². The first kappa shape index (κ1) is 6.80. The summed E-state index contributed by atoms with van der Waals surface area (Å²) in [5.41, 5.74) is 0. The number of hydrogen-bond acceptors (Lipinski definition) is 5. The maximum absolute atomic E-state index is 8.20. The van der Waals surface area contributed by atoms with Crippen molar-refractivity contribution in [2.45, 2.75) is 13.2 Å². The third kappa shape index (κ3) is 5.80. The van der Waals surface area contributed by atoms with Crippen molar-refractivity contribution in [2.75, 3.05) is 0 Å². The Morgan fingerprint density at radius 3 is 2.43 bits per heavy atom. The van der Waals surface area contributed by atoms with Gasteiger partial charge in [0.05, 0.1) is 0 Å². The molecular formula is C2H7NO4. The second-order valence-corrected chi connectivity index (χ2v) is 0.860. The molecule has 7 heavy (non-hydrogen) atoms. The van der Waals surface area contributed by atoms with E-state index in [0.29, 0.717) is 0 Å². The number of aliphatic hydroxyl groups is 1. The molecule has 0 fully saturated rings. The van der Waals surface area contributed by atoms with Gasteiger partial charge in [0.2, 0.25) is 0 Å². The molecule has 0 bridgehead atoms. The van der Waals surface area contributed by atoms with Crippen LogP contribution >= 0.6 is 0 Å². The van der Waals surface area contributed by atoms with Crippen LogP contribution in [0.3, 0.4) is 0 Å². The Balaban J connectivity index is 2.68. The molecule has 0 aliphatic heterocycles. The van der Waals surface area contributed by atoms with Crippen LogP contribution in [0, 0.1) is 0 Å². The first-order chi connectivity index (χ1) is 3.27. The Bertz CT molecular complexity index is 38.7. The van der Waals surface area contributed by atoms with Crippen molar-refractivity contribution >= 4 is 0 Å². The highest BCUT2D eigenvalue weighted by Gasteiger charge is 1.91. The van der Waals surface area contributed by atoms with Gasteiger partial charge in [-0.15, -0.1) is 4.99 Å². The maximum Gasteiger partial charge on any atom is 0.189 e. The summed E-state index contributed by atoms with van der Waals surface area (Å²) in [6.45, 7) is 1.35. The van der Waals surface area contributed by atoms with Gasteiger partial charge in [0.1, 0.15) is 0 Å². The normalized spacial score (nSPS) is 14.1. The molecule has 0 radical (unpaired) electrons. The summed E-state index contributed by atoms with van der Waals surface area (Å²) in [5.74, 6) is 4.32. The molecule has 0 unspecified atom stereocenters. The van der Waals surface area contributed by atoms with Crippen molar-refractivity contribution in [3.8, 4) is 0 Å². The molecule has 5 nitrogen and oxygen atoms in total. The zero-order chi connectivity index (χ0) is 5.70. The Hall–Kier alpha value is -0.200. The second kappa shape index (κ2) is 3.97. The third-order valence-electron chi connectivity index (χ3n) is 0.218. The molecule has 0 saturated heterocycles. The van der Waals surface area contributed by atoms with Gasteiger partial charge in [-0.2, -0.15) is 10.8 Å². The molecule has 0 aliphatic carbocycles. The van der Waals surface area contributed by atoms with Crippen LogP contribution in [-0.4, -0.2) is 11.4 Å². The average molecular weight is 109 g/mol. The smallest absolute Gasteiger partial charge is 0.189 e. The topological polar surface area (TPSA) is 73.9 Å². The van der Waals surface area contributed by atoms with E-state index in [1.54, 1.807) is 0 Å². The fourth-order valence-electron chi connectivity index (χ4n) is 0.0795. The number of aliphatic hydroxyl groups excluding tert-OH is 1. The summed E-state index contributed by atoms with van der Waals surface area (Å²) in [5, 5.41) is 11.8. The van der Waals surface area contributed by atoms with Gasteiger partial charge in [0.15, 0.2) is 6.29 Å². The summed E-state index contributed by atoms with van der Waals surface area (Å²) in [6, 6.07) is 0. The molecule has 3 N–H and O–H groups in total. The third-order valence-corrected chi connectivity index (χ3v) is 0.218. The van der Waals surface area contributed by atoms with Crippen LogP contribution < -0.4 is 5.90 Å². The fraction of sp³-hybridized carbons (Fsp3) is 1.00. The van der Waals surface area contributed by atoms with E-state index in [1.807, 2.05) is 0 Å². The van der Waals surface area contributed by atoms with E-state index in [1.165, 1.54) is 6.92 Å². The lowest BCUT2D eigenvalue weighted by molar-refractivity contribution is -0.545. The van der Waals surface area contributed by atoms with Crippen LogP contribution in [0.15, 0.2) is 0 Å². The quantitative estimate of drug-likeness (QED) is 0.278. The first-order valence-electron chi connectivity index (χ1n) is 1.64. The summed E-state index contributed by atoms with van der Waals surface area (Å²) in [7, 11) is 0. The Kier molecular flexibility index (Phi) is 3.86. The molecule has 0 amide bonds. The molecule has 0 heterocycles. The highest BCUT2D eigenvalue weighted by molar-refractivity contribution is 4.07. The molecule has 1 atom stereocenters. The highest BCUT2D eigenvalue weighted by atomic mass is 17.5. The van der Waals surface area contributed by atoms with E-state index in [0.717, 1.165) is 0 Å². The van der Waals surface area contributed by atoms with Gasteiger partial charge in [-0.1, -0.05) is 0 Å². The van der Waals surface area contributed by atoms with E-state index in [-0.39, 0.29) is 0 Å². The van der Waals surface area contributed by atoms with E-state index >= 15 is 0 Å². The van der Waals surface area contributed by atoms with Gasteiger partial charge < -0.3 is 5.11 Å². The molecule has 0 aliphatic rings. The van der Waals surface area contributed by atoms with Crippen LogP contribution in [0.1, 0.15) is 6.92 Å². The van der Waals surface area contributed by atoms with Crippen molar-refractivity contribution in [2.24, 2.45) is 5.90 Å². The predicted octanol–water partition coefficient (Wildman–Crippen LogP) is -0.922. The van der Waals surface area contributed by atoms with E-state index < -0.39 is 6.29 Å². The molecule has 0 saturated carbocycles. The van der Waals surface area contributed by atoms with E-state index in [2.05, 4.69) is 20.8 Å². The van der Waals surface area contributed by atoms with Gasteiger partial charge in [0.25, 0.3) is 0 Å². The standard InChI is InChI=1S/C2H7NO4/c1-2(4)5-7-6-3/h2,4H,3H2,1H3/t2-/m1/s1. The lowest BCUT2D eigenvalue weighted by Crippen LogP contribution is -2.09. The molecular weight excluding hydrogens is 102 g/mol. The summed E-state index contributed by atoms with van der Waals surface area (Å²) < 4.78 is 0. The summed E-state index contributed by atoms with van der Waals surface area (Å²) >= 11 is 0. The van der Waals surface area contributed by atoms with E-state index in [4.69, 9.17) is 5.11 Å². The maximum atomic E-state index is 8.20. The molecule has 0 aromatic heterocycles. The van der Waals surface area contributed by atoms with Crippen molar-refractivity contribution in [1.82, 2.24) is 0 Å². The average Bonchev–Trinajstić information content (AvgIpc) is 1.61. The minimum Gasteiger partial charge on any atom is -0.366 e. The molecule has 0 aromatic carbocycles. The van der Waals surface area contributed by atoms with Gasteiger partial charge in [0, 0.05) is 0 Å². The summed E-state index contributed by atoms with van der Waals surface area (Å²) in [6.07, 6.45) is -1.02. The molecule has 0 rings (SSSR count). The van der Waals surface area contributed by atoms with Crippen LogP contribution in [0.5, 0.6) is 0 Å². The van der Waals surface area contributed by atoms with Gasteiger partial charge >= 0.3 is 0 Å². The predicted molar refractivity (Wildman–Crippen MR) is 19.1 cm³/mol. The molecule has 0 aromatic rings. The summed E-state index contributed by atoms with van der Waals surface area (Å²) in [4.78, 5) is 7.37. The van der Waals surface area contributed by atoms with Crippen molar-refractivity contribution in [1.29, 1.82) is 0 Å². The molecule has 44 valence electrons. The minimum atomic E-state index is -1.02. The Labute approximate surface area is 40.4 Å². The number of nitrogens with two attached hydrogens (primary N) is 1. The fourth-order valence-corrected chi connectivity index (χ4v) is 0.0795. The van der Waals surface area contributed by atoms with Crippen molar-refractivity contribution in [3.63, 3.8) is 0 Å². The van der Waals surface area contributed by atoms with Crippen LogP contribution in [-0.2, 0) is 14.9 Å². The molecule has 0 spiro atoms. The van der Waals surface area contributed by atoms with Gasteiger partial charge in [-0.05, 0) is 12.0 Å². The van der Waals surface area contributed by atoms with Crippen LogP contribution in [0.4, 0.5) is 0 Å². The number of rotatable bonds is 3. The van der Waals surface area contributed by atoms with Gasteiger partial charge in [-0.3, -0.25) is 0 Å². The lowest BCUT2D eigenvalue weighted by Gasteiger charge is -1.98. The minimum absolute atomic E-state index is 1.02. The van der Waals surface area contributed by atoms with Crippen LogP contribution in [0.25, 0.3) is 0 Å². The van der Waals surface area contributed by atoms with Gasteiger partial charge in [-0.25, -0.2) is 0 Å².